The van der Waals surface area contributed by atoms with Crippen molar-refractivity contribution in [3.05, 3.63) is 24.0 Å². The van der Waals surface area contributed by atoms with Gasteiger partial charge in [-0.15, -0.1) is 0 Å². The van der Waals surface area contributed by atoms with Crippen LogP contribution in [0.5, 0.6) is 5.75 Å². The van der Waals surface area contributed by atoms with Crippen LogP contribution in [-0.4, -0.2) is 58.5 Å². The van der Waals surface area contributed by atoms with Gasteiger partial charge in [-0.25, -0.2) is 0 Å². The molecule has 5 heteroatoms. The lowest BCUT2D eigenvalue weighted by atomic mass is 9.99. The van der Waals surface area contributed by atoms with Crippen molar-refractivity contribution in [3.8, 4) is 5.75 Å². The Morgan fingerprint density at radius 2 is 2.15 bits per heavy atom. The first-order chi connectivity index (χ1) is 9.63. The van der Waals surface area contributed by atoms with E-state index in [1.165, 1.54) is 31.3 Å². The summed E-state index contributed by atoms with van der Waals surface area (Å²) in [6, 6.07) is 1.96. The normalized spacial score (nSPS) is 27.1. The molecular weight excluding hydrogens is 254 g/mol. The molecule has 0 spiro atoms. The van der Waals surface area contributed by atoms with Crippen molar-refractivity contribution in [3.63, 3.8) is 0 Å². The number of nitrogens with zero attached hydrogens (tertiary/aromatic N) is 3. The van der Waals surface area contributed by atoms with E-state index in [9.17, 15) is 9.90 Å². The zero-order valence-corrected chi connectivity index (χ0v) is 11.8. The van der Waals surface area contributed by atoms with E-state index >= 15 is 0 Å². The van der Waals surface area contributed by atoms with Crippen LogP contribution < -0.4 is 0 Å². The molecule has 0 saturated carbocycles. The lowest BCUT2D eigenvalue weighted by molar-refractivity contribution is 0.0709. The van der Waals surface area contributed by atoms with E-state index in [1.54, 1.807) is 0 Å². The summed E-state index contributed by atoms with van der Waals surface area (Å²) in [6.45, 7) is 2.67. The van der Waals surface area contributed by atoms with Gasteiger partial charge in [0.2, 0.25) is 0 Å². The summed E-state index contributed by atoms with van der Waals surface area (Å²) in [6.07, 6.45) is 6.50. The Hall–Kier alpha value is -1.62. The number of aromatic hydroxyl groups is 1. The molecule has 0 aromatic carbocycles. The molecule has 1 amide bonds. The summed E-state index contributed by atoms with van der Waals surface area (Å²) in [7, 11) is 2.16. The van der Waals surface area contributed by atoms with Crippen LogP contribution in [0.3, 0.4) is 0 Å². The Labute approximate surface area is 119 Å². The summed E-state index contributed by atoms with van der Waals surface area (Å²) in [5, 5.41) is 9.48. The lowest BCUT2D eigenvalue weighted by Crippen LogP contribution is -2.42. The maximum absolute atomic E-state index is 12.6. The highest BCUT2D eigenvalue weighted by atomic mass is 16.3. The second kappa shape index (κ2) is 5.40. The van der Waals surface area contributed by atoms with Gasteiger partial charge in [0.15, 0.2) is 0 Å². The van der Waals surface area contributed by atoms with Crippen LogP contribution in [0.25, 0.3) is 0 Å². The van der Waals surface area contributed by atoms with Gasteiger partial charge < -0.3 is 14.9 Å². The molecule has 2 aliphatic rings. The molecular formula is C15H21N3O2. The van der Waals surface area contributed by atoms with Gasteiger partial charge in [-0.1, -0.05) is 6.42 Å². The first-order valence-corrected chi connectivity index (χ1v) is 7.27. The Morgan fingerprint density at radius 3 is 2.95 bits per heavy atom. The average Bonchev–Trinajstić information content (AvgIpc) is 2.66. The van der Waals surface area contributed by atoms with E-state index < -0.39 is 0 Å². The van der Waals surface area contributed by atoms with E-state index in [-0.39, 0.29) is 11.7 Å². The van der Waals surface area contributed by atoms with E-state index in [0.717, 1.165) is 26.1 Å². The standard InChI is InChI=1S/C15H21N3O2/c1-17-8-11-3-2-4-13(17)10-18(9-11)15(20)12-5-14(19)7-16-6-12/h5-7,11,13,19H,2-4,8-10H2,1H3/t11-,13-/m0/s1. The smallest absolute Gasteiger partial charge is 0.255 e. The van der Waals surface area contributed by atoms with Crippen molar-refractivity contribution >= 4 is 5.91 Å². The van der Waals surface area contributed by atoms with Crippen molar-refractivity contribution in [1.82, 2.24) is 14.8 Å². The van der Waals surface area contributed by atoms with Crippen LogP contribution in [0, 0.1) is 5.92 Å². The van der Waals surface area contributed by atoms with Crippen molar-refractivity contribution in [2.75, 3.05) is 26.7 Å². The number of hydrogen-bond donors (Lipinski definition) is 1. The van der Waals surface area contributed by atoms with Crippen molar-refractivity contribution in [2.45, 2.75) is 25.3 Å². The summed E-state index contributed by atoms with van der Waals surface area (Å²) in [5.41, 5.74) is 0.479. The van der Waals surface area contributed by atoms with Gasteiger partial charge in [0, 0.05) is 31.9 Å². The maximum atomic E-state index is 12.6. The quantitative estimate of drug-likeness (QED) is 0.840. The van der Waals surface area contributed by atoms with Crippen molar-refractivity contribution in [1.29, 1.82) is 0 Å². The topological polar surface area (TPSA) is 56.7 Å². The molecule has 20 heavy (non-hydrogen) atoms. The van der Waals surface area contributed by atoms with Gasteiger partial charge >= 0.3 is 0 Å². The molecule has 2 atom stereocenters. The molecule has 2 fully saturated rings. The molecule has 0 radical (unpaired) electrons. The fourth-order valence-electron chi connectivity index (χ4n) is 3.42. The molecule has 3 heterocycles. The third-order valence-electron chi connectivity index (χ3n) is 4.49. The highest BCUT2D eigenvalue weighted by molar-refractivity contribution is 5.94. The van der Waals surface area contributed by atoms with Crippen LogP contribution in [0.2, 0.25) is 0 Å². The predicted molar refractivity (Wildman–Crippen MR) is 75.6 cm³/mol. The number of rotatable bonds is 1. The zero-order chi connectivity index (χ0) is 14.1. The number of likely N-dealkylation sites (tertiary alicyclic amines) is 1. The predicted octanol–water partition coefficient (Wildman–Crippen LogP) is 1.34. The highest BCUT2D eigenvalue weighted by Gasteiger charge is 2.33. The molecule has 3 rings (SSSR count). The summed E-state index contributed by atoms with van der Waals surface area (Å²) in [4.78, 5) is 20.8. The van der Waals surface area contributed by atoms with Gasteiger partial charge in [-0.3, -0.25) is 9.78 Å². The fraction of sp³-hybridized carbons (Fsp3) is 0.600. The Balaban J connectivity index is 1.81. The Bertz CT molecular complexity index is 506. The van der Waals surface area contributed by atoms with E-state index in [1.807, 2.05) is 4.90 Å². The molecule has 1 aromatic heterocycles. The number of carbonyl (C=O) groups excluding carboxylic acids is 1. The largest absolute Gasteiger partial charge is 0.506 e. The molecule has 1 N–H and O–H groups in total. The molecule has 1 aromatic rings. The molecule has 2 saturated heterocycles. The molecule has 5 nitrogen and oxygen atoms in total. The van der Waals surface area contributed by atoms with Crippen LogP contribution in [0.4, 0.5) is 0 Å². The second-order valence-corrected chi connectivity index (χ2v) is 6.03. The number of amides is 1. The Morgan fingerprint density at radius 1 is 1.30 bits per heavy atom. The SMILES string of the molecule is CN1C[C@@H]2CCC[C@H]1CN(C(=O)c1cncc(O)c1)C2. The highest BCUT2D eigenvalue weighted by Crippen LogP contribution is 2.26. The minimum Gasteiger partial charge on any atom is -0.506 e. The molecule has 108 valence electrons. The fourth-order valence-corrected chi connectivity index (χ4v) is 3.42. The van der Waals surface area contributed by atoms with Crippen molar-refractivity contribution < 1.29 is 9.90 Å². The number of carbonyl (C=O) groups is 1. The first kappa shape index (κ1) is 13.4. The summed E-state index contributed by atoms with van der Waals surface area (Å²) < 4.78 is 0. The monoisotopic (exact) mass is 275 g/mol. The third kappa shape index (κ3) is 2.63. The average molecular weight is 275 g/mol. The van der Waals surface area contributed by atoms with E-state index in [4.69, 9.17) is 0 Å². The van der Waals surface area contributed by atoms with Crippen LogP contribution >= 0.6 is 0 Å². The number of fused-ring (bicyclic) bond motifs is 3. The molecule has 2 aliphatic heterocycles. The number of aromatic nitrogens is 1. The first-order valence-electron chi connectivity index (χ1n) is 7.27. The van der Waals surface area contributed by atoms with Crippen LogP contribution in [0.15, 0.2) is 18.5 Å². The third-order valence-corrected chi connectivity index (χ3v) is 4.49. The lowest BCUT2D eigenvalue weighted by Gasteiger charge is -2.29. The van der Waals surface area contributed by atoms with Crippen LogP contribution in [0.1, 0.15) is 29.6 Å². The summed E-state index contributed by atoms with van der Waals surface area (Å²) >= 11 is 0. The van der Waals surface area contributed by atoms with E-state index in [0.29, 0.717) is 17.5 Å². The molecule has 2 bridgehead atoms. The number of hydrogen-bond acceptors (Lipinski definition) is 4. The molecule has 0 unspecified atom stereocenters. The van der Waals surface area contributed by atoms with Gasteiger partial charge in [-0.2, -0.15) is 0 Å². The van der Waals surface area contributed by atoms with E-state index in [2.05, 4.69) is 16.9 Å². The minimum atomic E-state index is -0.0133. The number of likely N-dealkylation sites (N-methyl/N-ethyl adjacent to an activating group) is 1. The van der Waals surface area contributed by atoms with Gasteiger partial charge in [0.1, 0.15) is 5.75 Å². The van der Waals surface area contributed by atoms with Gasteiger partial charge in [-0.05, 0) is 31.9 Å². The Kier molecular flexibility index (Phi) is 3.61. The maximum Gasteiger partial charge on any atom is 0.255 e. The number of pyridine rings is 1. The van der Waals surface area contributed by atoms with Crippen molar-refractivity contribution in [2.24, 2.45) is 5.92 Å². The van der Waals surface area contributed by atoms with Crippen LogP contribution in [-0.2, 0) is 0 Å². The van der Waals surface area contributed by atoms with Gasteiger partial charge in [0.25, 0.3) is 5.91 Å². The summed E-state index contributed by atoms with van der Waals surface area (Å²) in [5.74, 6) is 0.588. The molecule has 0 aliphatic carbocycles. The zero-order valence-electron chi connectivity index (χ0n) is 11.8. The second-order valence-electron chi connectivity index (χ2n) is 6.03. The minimum absolute atomic E-state index is 0.0133. The van der Waals surface area contributed by atoms with Gasteiger partial charge in [0.05, 0.1) is 11.8 Å².